The van der Waals surface area contributed by atoms with E-state index in [-0.39, 0.29) is 0 Å². The Morgan fingerprint density at radius 2 is 1.22 bits per heavy atom. The molecule has 1 nitrogen and oxygen atoms in total. The van der Waals surface area contributed by atoms with E-state index in [4.69, 9.17) is 5.26 Å². The van der Waals surface area contributed by atoms with Crippen LogP contribution in [0.4, 0.5) is 0 Å². The van der Waals surface area contributed by atoms with Crippen LogP contribution in [0.5, 0.6) is 0 Å². The summed E-state index contributed by atoms with van der Waals surface area (Å²) in [5, 5.41) is 8.19. The third-order valence-corrected chi connectivity index (χ3v) is 3.78. The molecule has 0 aliphatic heterocycles. The Morgan fingerprint density at radius 3 is 1.78 bits per heavy atom. The average Bonchev–Trinajstić information content (AvgIpc) is 2.74. The molecule has 3 rings (SSSR count). The molecule has 0 heterocycles. The third-order valence-electron chi connectivity index (χ3n) is 3.78. The van der Waals surface area contributed by atoms with E-state index in [1.165, 1.54) is 22.8 Å². The minimum atomic E-state index is 1.14. The van der Waals surface area contributed by atoms with E-state index in [9.17, 15) is 0 Å². The molecule has 0 radical (unpaired) electrons. The van der Waals surface area contributed by atoms with Crippen LogP contribution in [0.1, 0.15) is 23.6 Å². The van der Waals surface area contributed by atoms with E-state index in [0.717, 1.165) is 5.56 Å². The predicted octanol–water partition coefficient (Wildman–Crippen LogP) is 7.03. The summed E-state index contributed by atoms with van der Waals surface area (Å²) in [4.78, 5) is 0. The van der Waals surface area contributed by atoms with Crippen LogP contribution in [0, 0.1) is 11.3 Å². The van der Waals surface area contributed by atoms with Crippen molar-refractivity contribution in [2.45, 2.75) is 6.92 Å². The van der Waals surface area contributed by atoms with Crippen LogP contribution in [0.15, 0.2) is 109 Å². The van der Waals surface area contributed by atoms with Gasteiger partial charge in [-0.25, -0.2) is 0 Å². The lowest BCUT2D eigenvalue weighted by atomic mass is 10.0. The van der Waals surface area contributed by atoms with Crippen molar-refractivity contribution >= 4 is 17.7 Å². The molecular weight excluding hydrogens is 326 g/mol. The summed E-state index contributed by atoms with van der Waals surface area (Å²) in [5.41, 5.74) is 4.96. The zero-order chi connectivity index (χ0) is 19.2. The van der Waals surface area contributed by atoms with E-state index >= 15 is 0 Å². The lowest BCUT2D eigenvalue weighted by molar-refractivity contribution is 1.53. The lowest BCUT2D eigenvalue weighted by Gasteiger charge is -2.01. The molecule has 0 aliphatic rings. The maximum absolute atomic E-state index is 8.19. The molecule has 0 bridgehead atoms. The molecule has 0 amide bonds. The van der Waals surface area contributed by atoms with Crippen molar-refractivity contribution in [3.8, 4) is 6.07 Å². The summed E-state index contributed by atoms with van der Waals surface area (Å²) in [5.74, 6) is 0. The van der Waals surface area contributed by atoms with Gasteiger partial charge in [0.1, 0.15) is 0 Å². The molecule has 0 saturated carbocycles. The smallest absolute Gasteiger partial charge is 0.0912 e. The minimum Gasteiger partial charge on any atom is -0.193 e. The number of hydrogen-bond donors (Lipinski definition) is 0. The van der Waals surface area contributed by atoms with Gasteiger partial charge >= 0.3 is 0 Å². The van der Waals surface area contributed by atoms with E-state index in [1.54, 1.807) is 6.08 Å². The molecule has 27 heavy (non-hydrogen) atoms. The minimum absolute atomic E-state index is 1.14. The molecule has 132 valence electrons. The van der Waals surface area contributed by atoms with Crippen molar-refractivity contribution in [1.29, 1.82) is 5.26 Å². The SMILES string of the molecule is CC(=Cc1ccccc1)c1ccccc1.N#CC=CC=Cc1ccccc1. The second-order valence-corrected chi connectivity index (χ2v) is 5.86. The third kappa shape index (κ3) is 7.86. The van der Waals surface area contributed by atoms with Crippen LogP contribution in [-0.2, 0) is 0 Å². The van der Waals surface area contributed by atoms with Gasteiger partial charge in [-0.2, -0.15) is 5.26 Å². The first kappa shape index (κ1) is 19.7. The predicted molar refractivity (Wildman–Crippen MR) is 117 cm³/mol. The first-order valence-electron chi connectivity index (χ1n) is 8.86. The summed E-state index contributed by atoms with van der Waals surface area (Å²) < 4.78 is 0. The normalized spacial score (nSPS) is 11.0. The van der Waals surface area contributed by atoms with Crippen molar-refractivity contribution in [3.63, 3.8) is 0 Å². The van der Waals surface area contributed by atoms with Crippen LogP contribution in [0.2, 0.25) is 0 Å². The molecule has 0 aromatic heterocycles. The highest BCUT2D eigenvalue weighted by Gasteiger charge is 1.93. The summed E-state index contributed by atoms with van der Waals surface area (Å²) in [6.07, 6.45) is 9.16. The van der Waals surface area contributed by atoms with Gasteiger partial charge in [-0.05, 0) is 29.2 Å². The van der Waals surface area contributed by atoms with Crippen molar-refractivity contribution in [3.05, 3.63) is 126 Å². The second-order valence-electron chi connectivity index (χ2n) is 5.86. The quantitative estimate of drug-likeness (QED) is 0.282. The summed E-state index contributed by atoms with van der Waals surface area (Å²) in [7, 11) is 0. The zero-order valence-electron chi connectivity index (χ0n) is 15.5. The van der Waals surface area contributed by atoms with Gasteiger partial charge in [0.25, 0.3) is 0 Å². The Balaban J connectivity index is 0.000000199. The topological polar surface area (TPSA) is 23.8 Å². The highest BCUT2D eigenvalue weighted by Crippen LogP contribution is 2.16. The summed E-state index contributed by atoms with van der Waals surface area (Å²) in [6.45, 7) is 2.14. The fourth-order valence-electron chi connectivity index (χ4n) is 2.41. The molecule has 0 fully saturated rings. The zero-order valence-corrected chi connectivity index (χ0v) is 15.5. The molecule has 0 unspecified atom stereocenters. The molecule has 0 spiro atoms. The first-order valence-corrected chi connectivity index (χ1v) is 8.86. The monoisotopic (exact) mass is 349 g/mol. The van der Waals surface area contributed by atoms with Gasteiger partial charge in [-0.15, -0.1) is 0 Å². The van der Waals surface area contributed by atoms with Crippen molar-refractivity contribution in [2.75, 3.05) is 0 Å². The molecule has 0 saturated heterocycles. The largest absolute Gasteiger partial charge is 0.193 e. The Kier molecular flexibility index (Phi) is 8.64. The van der Waals surface area contributed by atoms with Gasteiger partial charge in [0, 0.05) is 6.08 Å². The number of hydrogen-bond acceptors (Lipinski definition) is 1. The number of nitrogens with zero attached hydrogens (tertiary/aromatic N) is 1. The summed E-state index contributed by atoms with van der Waals surface area (Å²) >= 11 is 0. The van der Waals surface area contributed by atoms with Gasteiger partial charge in [-0.3, -0.25) is 0 Å². The fourth-order valence-corrected chi connectivity index (χ4v) is 2.41. The molecule has 0 N–H and O–H groups in total. The van der Waals surface area contributed by atoms with Crippen LogP contribution in [0.3, 0.4) is 0 Å². The van der Waals surface area contributed by atoms with Gasteiger partial charge in [0.2, 0.25) is 0 Å². The summed E-state index contributed by atoms with van der Waals surface area (Å²) in [6, 6.07) is 32.7. The van der Waals surface area contributed by atoms with Crippen molar-refractivity contribution < 1.29 is 0 Å². The second kappa shape index (κ2) is 11.8. The molecule has 0 aliphatic carbocycles. The van der Waals surface area contributed by atoms with Gasteiger partial charge in [-0.1, -0.05) is 115 Å². The molecule has 3 aromatic carbocycles. The fraction of sp³-hybridized carbons (Fsp3) is 0.0385. The standard InChI is InChI=1S/C15H14.C11H9N/c1-13(15-10-6-3-7-11-15)12-14-8-4-2-5-9-14;12-10-6-2-5-9-11-7-3-1-4-8-11/h2-12H,1H3;1-9H. The number of nitriles is 1. The maximum Gasteiger partial charge on any atom is 0.0912 e. The number of rotatable bonds is 4. The van der Waals surface area contributed by atoms with E-state index < -0.39 is 0 Å². The van der Waals surface area contributed by atoms with Crippen LogP contribution < -0.4 is 0 Å². The molecule has 3 aromatic rings. The van der Waals surface area contributed by atoms with Gasteiger partial charge in [0.05, 0.1) is 6.07 Å². The van der Waals surface area contributed by atoms with E-state index in [1.807, 2.05) is 60.7 Å². The Morgan fingerprint density at radius 1 is 0.704 bits per heavy atom. The van der Waals surface area contributed by atoms with Crippen LogP contribution in [0.25, 0.3) is 17.7 Å². The lowest BCUT2D eigenvalue weighted by Crippen LogP contribution is -1.78. The van der Waals surface area contributed by atoms with Crippen molar-refractivity contribution in [1.82, 2.24) is 0 Å². The highest BCUT2D eigenvalue weighted by molar-refractivity contribution is 5.79. The Hall–Kier alpha value is -3.63. The van der Waals surface area contributed by atoms with E-state index in [2.05, 4.69) is 61.5 Å². The number of benzene rings is 3. The van der Waals surface area contributed by atoms with Gasteiger partial charge < -0.3 is 0 Å². The maximum atomic E-state index is 8.19. The molecule has 1 heteroatoms. The van der Waals surface area contributed by atoms with Crippen LogP contribution in [-0.4, -0.2) is 0 Å². The average molecular weight is 349 g/mol. The van der Waals surface area contributed by atoms with Crippen LogP contribution >= 0.6 is 0 Å². The van der Waals surface area contributed by atoms with E-state index in [0.29, 0.717) is 0 Å². The Labute approximate surface area is 162 Å². The van der Waals surface area contributed by atoms with Gasteiger partial charge in [0.15, 0.2) is 0 Å². The first-order chi connectivity index (χ1) is 13.3. The highest BCUT2D eigenvalue weighted by atomic mass is 14.2. The molecular formula is C26H23N. The molecule has 0 atom stereocenters. The Bertz CT molecular complexity index is 912. The van der Waals surface area contributed by atoms with Crippen molar-refractivity contribution in [2.24, 2.45) is 0 Å². The number of allylic oxidation sites excluding steroid dienone is 4.